The standard InChI is InChI=1S/C13H12ClIN2O3S2/c1-17(22(19,20)13-3-2-6-21-13)8-12(18)16-11-5-4-9(15)7-10(11)14/h2-7H,8H2,1H3,(H,16,18). The molecule has 0 spiro atoms. The fourth-order valence-electron chi connectivity index (χ4n) is 1.63. The predicted molar refractivity (Wildman–Crippen MR) is 96.9 cm³/mol. The van der Waals surface area contributed by atoms with E-state index in [2.05, 4.69) is 27.9 Å². The number of carbonyl (C=O) groups excluding carboxylic acids is 1. The summed E-state index contributed by atoms with van der Waals surface area (Å²) < 4.78 is 26.6. The molecule has 0 fully saturated rings. The zero-order valence-electron chi connectivity index (χ0n) is 11.4. The Labute approximate surface area is 151 Å². The van der Waals surface area contributed by atoms with Gasteiger partial charge in [-0.3, -0.25) is 4.79 Å². The fraction of sp³-hybridized carbons (Fsp3) is 0.154. The van der Waals surface area contributed by atoms with Crippen molar-refractivity contribution in [2.75, 3.05) is 18.9 Å². The molecule has 0 unspecified atom stereocenters. The van der Waals surface area contributed by atoms with Gasteiger partial charge in [-0.15, -0.1) is 11.3 Å². The van der Waals surface area contributed by atoms with E-state index in [4.69, 9.17) is 11.6 Å². The smallest absolute Gasteiger partial charge is 0.252 e. The minimum atomic E-state index is -3.64. The molecule has 2 rings (SSSR count). The van der Waals surface area contributed by atoms with E-state index in [0.29, 0.717) is 10.7 Å². The third-order valence-corrected chi connectivity index (χ3v) is 6.89. The largest absolute Gasteiger partial charge is 0.324 e. The van der Waals surface area contributed by atoms with E-state index in [-0.39, 0.29) is 10.8 Å². The van der Waals surface area contributed by atoms with Gasteiger partial charge < -0.3 is 5.32 Å². The monoisotopic (exact) mass is 470 g/mol. The molecule has 1 amide bonds. The van der Waals surface area contributed by atoms with Gasteiger partial charge in [-0.25, -0.2) is 8.42 Å². The second-order valence-electron chi connectivity index (χ2n) is 4.37. The molecule has 0 aliphatic heterocycles. The van der Waals surface area contributed by atoms with Crippen LogP contribution in [0.5, 0.6) is 0 Å². The lowest BCUT2D eigenvalue weighted by Crippen LogP contribution is -2.34. The Balaban J connectivity index is 2.06. The first kappa shape index (κ1) is 17.7. The van der Waals surface area contributed by atoms with Crippen LogP contribution in [-0.4, -0.2) is 32.2 Å². The summed E-state index contributed by atoms with van der Waals surface area (Å²) in [6, 6.07) is 8.34. The lowest BCUT2D eigenvalue weighted by molar-refractivity contribution is -0.116. The summed E-state index contributed by atoms with van der Waals surface area (Å²) in [7, 11) is -2.28. The van der Waals surface area contributed by atoms with Crippen LogP contribution in [0.1, 0.15) is 0 Å². The molecule has 9 heteroatoms. The Morgan fingerprint density at radius 1 is 1.41 bits per heavy atom. The molecule has 1 aromatic heterocycles. The third kappa shape index (κ3) is 4.19. The van der Waals surface area contributed by atoms with Gasteiger partial charge in [-0.05, 0) is 52.2 Å². The molecule has 0 aliphatic carbocycles. The number of amides is 1. The third-order valence-electron chi connectivity index (χ3n) is 2.73. The number of hydrogen-bond donors (Lipinski definition) is 1. The summed E-state index contributed by atoms with van der Waals surface area (Å²) in [5.41, 5.74) is 0.453. The number of anilines is 1. The Morgan fingerprint density at radius 2 is 2.14 bits per heavy atom. The number of hydrogen-bond acceptors (Lipinski definition) is 4. The average molecular weight is 471 g/mol. The summed E-state index contributed by atoms with van der Waals surface area (Å²) >= 11 is 9.25. The van der Waals surface area contributed by atoms with E-state index < -0.39 is 15.9 Å². The Bertz CT molecular complexity index is 779. The molecule has 5 nitrogen and oxygen atoms in total. The number of halogens is 2. The number of rotatable bonds is 5. The van der Waals surface area contributed by atoms with E-state index in [0.717, 1.165) is 19.2 Å². The molecule has 0 atom stereocenters. The van der Waals surface area contributed by atoms with E-state index in [1.54, 1.807) is 29.6 Å². The number of nitrogens with one attached hydrogen (secondary N) is 1. The van der Waals surface area contributed by atoms with Crippen LogP contribution < -0.4 is 5.32 Å². The van der Waals surface area contributed by atoms with Gasteiger partial charge >= 0.3 is 0 Å². The number of likely N-dealkylation sites (N-methyl/N-ethyl adjacent to an activating group) is 1. The maximum Gasteiger partial charge on any atom is 0.252 e. The van der Waals surface area contributed by atoms with E-state index >= 15 is 0 Å². The van der Waals surface area contributed by atoms with Crippen molar-refractivity contribution < 1.29 is 13.2 Å². The van der Waals surface area contributed by atoms with Crippen molar-refractivity contribution in [2.24, 2.45) is 0 Å². The van der Waals surface area contributed by atoms with E-state index in [1.165, 1.54) is 13.1 Å². The van der Waals surface area contributed by atoms with Crippen molar-refractivity contribution in [2.45, 2.75) is 4.21 Å². The lowest BCUT2D eigenvalue weighted by Gasteiger charge is -2.16. The Morgan fingerprint density at radius 3 is 2.73 bits per heavy atom. The topological polar surface area (TPSA) is 66.5 Å². The molecule has 22 heavy (non-hydrogen) atoms. The van der Waals surface area contributed by atoms with Crippen LogP contribution in [0, 0.1) is 3.57 Å². The Hall–Kier alpha value is -0.680. The molecule has 1 N–H and O–H groups in total. The van der Waals surface area contributed by atoms with Crippen molar-refractivity contribution >= 4 is 67.1 Å². The summed E-state index contributed by atoms with van der Waals surface area (Å²) in [4.78, 5) is 12.0. The number of sulfonamides is 1. The normalized spacial score (nSPS) is 11.6. The van der Waals surface area contributed by atoms with Gasteiger partial charge in [0.2, 0.25) is 5.91 Å². The van der Waals surface area contributed by atoms with Crippen LogP contribution in [0.3, 0.4) is 0 Å². The Kier molecular flexibility index (Phi) is 5.83. The summed E-state index contributed by atoms with van der Waals surface area (Å²) in [6.07, 6.45) is 0. The molecular weight excluding hydrogens is 459 g/mol. The van der Waals surface area contributed by atoms with Gasteiger partial charge in [0.05, 0.1) is 17.3 Å². The van der Waals surface area contributed by atoms with Gasteiger partial charge in [0, 0.05) is 10.6 Å². The van der Waals surface area contributed by atoms with Gasteiger partial charge in [-0.1, -0.05) is 17.7 Å². The second kappa shape index (κ2) is 7.26. The average Bonchev–Trinajstić information content (AvgIpc) is 2.96. The van der Waals surface area contributed by atoms with Crippen molar-refractivity contribution in [3.8, 4) is 0 Å². The zero-order valence-corrected chi connectivity index (χ0v) is 16.0. The van der Waals surface area contributed by atoms with Crippen LogP contribution in [-0.2, 0) is 14.8 Å². The maximum atomic E-state index is 12.2. The number of benzene rings is 1. The first-order chi connectivity index (χ1) is 10.3. The molecule has 0 saturated carbocycles. The molecular formula is C13H12ClIN2O3S2. The van der Waals surface area contributed by atoms with Crippen molar-refractivity contribution in [3.05, 3.63) is 44.3 Å². The van der Waals surface area contributed by atoms with Gasteiger partial charge in [-0.2, -0.15) is 4.31 Å². The SMILES string of the molecule is CN(CC(=O)Nc1ccc(I)cc1Cl)S(=O)(=O)c1cccs1. The highest BCUT2D eigenvalue weighted by molar-refractivity contribution is 14.1. The van der Waals surface area contributed by atoms with Crippen LogP contribution in [0.4, 0.5) is 5.69 Å². The maximum absolute atomic E-state index is 12.2. The molecule has 2 aromatic rings. The van der Waals surface area contributed by atoms with Crippen molar-refractivity contribution in [3.63, 3.8) is 0 Å². The quantitative estimate of drug-likeness (QED) is 0.682. The van der Waals surface area contributed by atoms with Crippen LogP contribution in [0.2, 0.25) is 5.02 Å². The minimum Gasteiger partial charge on any atom is -0.324 e. The first-order valence-electron chi connectivity index (χ1n) is 6.05. The highest BCUT2D eigenvalue weighted by atomic mass is 127. The minimum absolute atomic E-state index is 0.204. The molecule has 0 radical (unpaired) electrons. The molecule has 118 valence electrons. The lowest BCUT2D eigenvalue weighted by atomic mass is 10.3. The van der Waals surface area contributed by atoms with Crippen LogP contribution in [0.25, 0.3) is 0 Å². The highest BCUT2D eigenvalue weighted by Crippen LogP contribution is 2.24. The molecule has 0 saturated heterocycles. The highest BCUT2D eigenvalue weighted by Gasteiger charge is 2.24. The second-order valence-corrected chi connectivity index (χ2v) is 9.24. The predicted octanol–water partition coefficient (Wildman–Crippen LogP) is 3.27. The van der Waals surface area contributed by atoms with Crippen LogP contribution in [0.15, 0.2) is 39.9 Å². The fourth-order valence-corrected chi connectivity index (χ4v) is 4.86. The summed E-state index contributed by atoms with van der Waals surface area (Å²) in [5.74, 6) is -0.453. The molecule has 0 aliphatic rings. The number of nitrogens with zero attached hydrogens (tertiary/aromatic N) is 1. The van der Waals surface area contributed by atoms with Gasteiger partial charge in [0.1, 0.15) is 4.21 Å². The number of thiophene rings is 1. The van der Waals surface area contributed by atoms with E-state index in [9.17, 15) is 13.2 Å². The zero-order chi connectivity index (χ0) is 16.3. The van der Waals surface area contributed by atoms with Gasteiger partial charge in [0.25, 0.3) is 10.0 Å². The molecule has 1 heterocycles. The molecule has 0 bridgehead atoms. The summed E-state index contributed by atoms with van der Waals surface area (Å²) in [5, 5.41) is 4.69. The summed E-state index contributed by atoms with van der Waals surface area (Å²) in [6.45, 7) is -0.289. The van der Waals surface area contributed by atoms with Crippen molar-refractivity contribution in [1.82, 2.24) is 4.31 Å². The number of carbonyl (C=O) groups is 1. The van der Waals surface area contributed by atoms with Crippen LogP contribution >= 0.6 is 45.5 Å². The molecule has 1 aromatic carbocycles. The van der Waals surface area contributed by atoms with E-state index in [1.807, 2.05) is 0 Å². The van der Waals surface area contributed by atoms with Gasteiger partial charge in [0.15, 0.2) is 0 Å². The van der Waals surface area contributed by atoms with Crippen molar-refractivity contribution in [1.29, 1.82) is 0 Å². The first-order valence-corrected chi connectivity index (χ1v) is 9.83.